The van der Waals surface area contributed by atoms with Gasteiger partial charge in [0.15, 0.2) is 0 Å². The van der Waals surface area contributed by atoms with Gasteiger partial charge in [0.2, 0.25) is 6.29 Å². The lowest BCUT2D eigenvalue weighted by molar-refractivity contribution is -0.136. The van der Waals surface area contributed by atoms with Crippen LogP contribution in [0.3, 0.4) is 0 Å². The van der Waals surface area contributed by atoms with Gasteiger partial charge in [-0.3, -0.25) is 9.48 Å². The SMILES string of the molecule is Cc1cc(Cl)ccc1-c1ccc2nn(C(CCC(F)(F)F)c3ccc([C]=O)cc3)cc2c1. The van der Waals surface area contributed by atoms with Crippen molar-refractivity contribution >= 4 is 28.8 Å². The molecule has 0 aliphatic rings. The lowest BCUT2D eigenvalue weighted by Crippen LogP contribution is -2.16. The first-order valence-electron chi connectivity index (χ1n) is 10.0. The third-order valence-electron chi connectivity index (χ3n) is 5.46. The van der Waals surface area contributed by atoms with Gasteiger partial charge in [-0.25, -0.2) is 0 Å². The summed E-state index contributed by atoms with van der Waals surface area (Å²) in [5.74, 6) is 0. The Morgan fingerprint density at radius 3 is 2.47 bits per heavy atom. The molecule has 0 N–H and O–H groups in total. The highest BCUT2D eigenvalue weighted by molar-refractivity contribution is 6.30. The fourth-order valence-electron chi connectivity index (χ4n) is 3.85. The van der Waals surface area contributed by atoms with Crippen LogP contribution in [0.25, 0.3) is 22.0 Å². The van der Waals surface area contributed by atoms with Crippen LogP contribution in [-0.2, 0) is 4.79 Å². The molecule has 1 radical (unpaired) electrons. The lowest BCUT2D eigenvalue weighted by atomic mass is 9.99. The Bertz CT molecular complexity index is 1260. The molecule has 1 aromatic heterocycles. The van der Waals surface area contributed by atoms with Crippen molar-refractivity contribution in [1.29, 1.82) is 0 Å². The Morgan fingerprint density at radius 1 is 1.06 bits per heavy atom. The summed E-state index contributed by atoms with van der Waals surface area (Å²) in [5, 5.41) is 6.04. The highest BCUT2D eigenvalue weighted by Gasteiger charge is 2.29. The summed E-state index contributed by atoms with van der Waals surface area (Å²) in [6, 6.07) is 17.2. The predicted molar refractivity (Wildman–Crippen MR) is 120 cm³/mol. The van der Waals surface area contributed by atoms with Crippen molar-refractivity contribution in [2.45, 2.75) is 32.0 Å². The van der Waals surface area contributed by atoms with Gasteiger partial charge in [-0.05, 0) is 59.9 Å². The zero-order valence-electron chi connectivity index (χ0n) is 17.2. The van der Waals surface area contributed by atoms with Gasteiger partial charge in [0.1, 0.15) is 0 Å². The molecular weight excluding hydrogens is 437 g/mol. The first-order chi connectivity index (χ1) is 15.2. The summed E-state index contributed by atoms with van der Waals surface area (Å²) < 4.78 is 40.5. The van der Waals surface area contributed by atoms with Gasteiger partial charge in [0.05, 0.1) is 11.6 Å². The van der Waals surface area contributed by atoms with E-state index in [-0.39, 0.29) is 6.42 Å². The number of nitrogens with zero attached hydrogens (tertiary/aromatic N) is 2. The Kier molecular flexibility index (Phi) is 6.07. The van der Waals surface area contributed by atoms with Gasteiger partial charge in [-0.1, -0.05) is 48.0 Å². The third-order valence-corrected chi connectivity index (χ3v) is 5.69. The maximum absolute atomic E-state index is 13.0. The molecule has 0 amide bonds. The van der Waals surface area contributed by atoms with E-state index in [2.05, 4.69) is 5.10 Å². The highest BCUT2D eigenvalue weighted by atomic mass is 35.5. The van der Waals surface area contributed by atoms with Crippen molar-refractivity contribution in [3.8, 4) is 11.1 Å². The summed E-state index contributed by atoms with van der Waals surface area (Å²) in [6.45, 7) is 1.97. The second kappa shape index (κ2) is 8.79. The van der Waals surface area contributed by atoms with Crippen LogP contribution < -0.4 is 0 Å². The summed E-state index contributed by atoms with van der Waals surface area (Å²) in [5.41, 5.74) is 4.71. The number of rotatable bonds is 6. The monoisotopic (exact) mass is 455 g/mol. The topological polar surface area (TPSA) is 34.9 Å². The largest absolute Gasteiger partial charge is 0.389 e. The van der Waals surface area contributed by atoms with Gasteiger partial charge in [0, 0.05) is 28.6 Å². The molecule has 0 fully saturated rings. The van der Waals surface area contributed by atoms with Gasteiger partial charge in [-0.15, -0.1) is 0 Å². The van der Waals surface area contributed by atoms with E-state index in [1.165, 1.54) is 0 Å². The number of aromatic nitrogens is 2. The molecule has 1 heterocycles. The zero-order valence-corrected chi connectivity index (χ0v) is 17.9. The molecular formula is C25H19ClF3N2O. The number of halogens is 4. The minimum absolute atomic E-state index is 0.162. The quantitative estimate of drug-likeness (QED) is 0.312. The maximum Gasteiger partial charge on any atom is 0.389 e. The summed E-state index contributed by atoms with van der Waals surface area (Å²) in [4.78, 5) is 10.8. The van der Waals surface area contributed by atoms with Crippen LogP contribution in [0.15, 0.2) is 66.9 Å². The van der Waals surface area contributed by atoms with Crippen molar-refractivity contribution in [3.05, 3.63) is 88.6 Å². The van der Waals surface area contributed by atoms with E-state index in [0.717, 1.165) is 22.1 Å². The van der Waals surface area contributed by atoms with E-state index < -0.39 is 18.6 Å². The van der Waals surface area contributed by atoms with Crippen LogP contribution in [0, 0.1) is 6.92 Å². The van der Waals surface area contributed by atoms with Gasteiger partial charge in [-0.2, -0.15) is 18.3 Å². The standard InChI is InChI=1S/C25H19ClF3N2O/c1-16-12-21(26)7-8-22(16)19-6-9-23-20(13-19)14-31(30-23)24(10-11-25(27,28)29)18-4-2-17(15-32)3-5-18/h2-9,12-14,24H,10-11H2,1H3. The minimum atomic E-state index is -4.28. The van der Waals surface area contributed by atoms with Crippen molar-refractivity contribution in [2.75, 3.05) is 0 Å². The molecule has 1 atom stereocenters. The van der Waals surface area contributed by atoms with Crippen molar-refractivity contribution < 1.29 is 18.0 Å². The average Bonchev–Trinajstić information content (AvgIpc) is 3.16. The molecule has 3 nitrogen and oxygen atoms in total. The van der Waals surface area contributed by atoms with E-state index in [1.54, 1.807) is 41.4 Å². The molecule has 0 aliphatic carbocycles. The first kappa shape index (κ1) is 22.1. The van der Waals surface area contributed by atoms with Gasteiger partial charge in [0.25, 0.3) is 0 Å². The van der Waals surface area contributed by atoms with Crippen molar-refractivity contribution in [2.24, 2.45) is 0 Å². The normalized spacial score (nSPS) is 12.8. The molecule has 1 unspecified atom stereocenters. The van der Waals surface area contributed by atoms with Gasteiger partial charge >= 0.3 is 6.18 Å². The molecule has 0 aliphatic heterocycles. The Morgan fingerprint density at radius 2 is 1.81 bits per heavy atom. The molecule has 32 heavy (non-hydrogen) atoms. The number of benzene rings is 3. The number of aryl methyl sites for hydroxylation is 1. The molecule has 0 saturated carbocycles. The number of hydrogen-bond acceptors (Lipinski definition) is 2. The van der Waals surface area contributed by atoms with Crippen LogP contribution in [0.5, 0.6) is 0 Å². The molecule has 4 aromatic rings. The van der Waals surface area contributed by atoms with E-state index >= 15 is 0 Å². The smallest absolute Gasteiger partial charge is 0.285 e. The minimum Gasteiger partial charge on any atom is -0.285 e. The molecule has 7 heteroatoms. The highest BCUT2D eigenvalue weighted by Crippen LogP contribution is 2.33. The number of carbonyl (C=O) groups excluding carboxylic acids is 1. The molecule has 0 bridgehead atoms. The number of fused-ring (bicyclic) bond motifs is 1. The van der Waals surface area contributed by atoms with Crippen LogP contribution in [0.2, 0.25) is 5.02 Å². The summed E-state index contributed by atoms with van der Waals surface area (Å²) in [7, 11) is 0. The van der Waals surface area contributed by atoms with Crippen molar-refractivity contribution in [1.82, 2.24) is 9.78 Å². The molecule has 0 spiro atoms. The van der Waals surface area contributed by atoms with Gasteiger partial charge < -0.3 is 0 Å². The Balaban J connectivity index is 1.73. The molecule has 163 valence electrons. The molecule has 4 rings (SSSR count). The van der Waals surface area contributed by atoms with E-state index in [1.807, 2.05) is 43.3 Å². The van der Waals surface area contributed by atoms with Crippen molar-refractivity contribution in [3.63, 3.8) is 0 Å². The van der Waals surface area contributed by atoms with E-state index in [4.69, 9.17) is 11.6 Å². The van der Waals surface area contributed by atoms with E-state index in [0.29, 0.717) is 21.7 Å². The summed E-state index contributed by atoms with van der Waals surface area (Å²) >= 11 is 6.06. The third kappa shape index (κ3) is 4.86. The zero-order chi connectivity index (χ0) is 22.9. The van der Waals surface area contributed by atoms with Crippen LogP contribution in [0.4, 0.5) is 13.2 Å². The second-order valence-electron chi connectivity index (χ2n) is 7.74. The number of alkyl halides is 3. The lowest BCUT2D eigenvalue weighted by Gasteiger charge is -2.19. The maximum atomic E-state index is 13.0. The van der Waals surface area contributed by atoms with E-state index in [9.17, 15) is 18.0 Å². The fraction of sp³-hybridized carbons (Fsp3) is 0.200. The average molecular weight is 456 g/mol. The predicted octanol–water partition coefficient (Wildman–Crippen LogP) is 7.05. The summed E-state index contributed by atoms with van der Waals surface area (Å²) in [6.07, 6.45) is -1.83. The van der Waals surface area contributed by atoms with Crippen LogP contribution >= 0.6 is 11.6 Å². The molecule has 0 saturated heterocycles. The second-order valence-corrected chi connectivity index (χ2v) is 8.17. The van der Waals surface area contributed by atoms with Crippen LogP contribution in [-0.4, -0.2) is 22.2 Å². The first-order valence-corrected chi connectivity index (χ1v) is 10.4. The number of hydrogen-bond donors (Lipinski definition) is 0. The Labute approximate surface area is 188 Å². The fourth-order valence-corrected chi connectivity index (χ4v) is 4.07. The molecule has 3 aromatic carbocycles. The van der Waals surface area contributed by atoms with Crippen LogP contribution in [0.1, 0.15) is 35.6 Å². The Hall–Kier alpha value is -3.12.